The lowest BCUT2D eigenvalue weighted by molar-refractivity contribution is 0.122. The molecule has 0 aliphatic carbocycles. The number of ether oxygens (including phenoxy) is 1. The lowest BCUT2D eigenvalue weighted by Gasteiger charge is -2.33. The highest BCUT2D eigenvalue weighted by Crippen LogP contribution is 2.24. The van der Waals surface area contributed by atoms with Crippen LogP contribution in [0.5, 0.6) is 0 Å². The maximum Gasteiger partial charge on any atom is 0.319 e. The average molecular weight is 455 g/mol. The zero-order valence-electron chi connectivity index (χ0n) is 18.7. The number of morpholine rings is 1. The molecule has 2 aromatic rings. The molecule has 2 aliphatic heterocycles. The molecule has 0 unspecified atom stereocenters. The Balaban J connectivity index is 1.27. The third-order valence-electron chi connectivity index (χ3n) is 5.81. The molecule has 4 rings (SSSR count). The smallest absolute Gasteiger partial charge is 0.319 e. The number of amides is 2. The van der Waals surface area contributed by atoms with Crippen LogP contribution in [0.1, 0.15) is 18.4 Å². The minimum absolute atomic E-state index is 0.0733. The number of nitrogens with two attached hydrogens (primary N) is 1. The van der Waals surface area contributed by atoms with Crippen LogP contribution in [0.2, 0.25) is 0 Å². The predicted octanol–water partition coefficient (Wildman–Crippen LogP) is 1.67. The third kappa shape index (κ3) is 5.80. The van der Waals surface area contributed by atoms with Crippen LogP contribution in [0.3, 0.4) is 0 Å². The molecular formula is C22H30N8O3. The van der Waals surface area contributed by atoms with Gasteiger partial charge in [0.15, 0.2) is 0 Å². The fourth-order valence-corrected chi connectivity index (χ4v) is 4.05. The fraction of sp³-hybridized carbons (Fsp3) is 0.455. The zero-order valence-corrected chi connectivity index (χ0v) is 18.7. The Hall–Kier alpha value is -3.60. The molecule has 1 aromatic carbocycles. The number of urea groups is 1. The maximum absolute atomic E-state index is 12.5. The number of piperidine rings is 1. The van der Waals surface area contributed by atoms with Crippen LogP contribution < -0.4 is 26.2 Å². The molecule has 0 saturated carbocycles. The van der Waals surface area contributed by atoms with Gasteiger partial charge in [-0.25, -0.2) is 14.8 Å². The Bertz CT molecular complexity index is 955. The number of anilines is 4. The summed E-state index contributed by atoms with van der Waals surface area (Å²) in [4.78, 5) is 30.1. The van der Waals surface area contributed by atoms with Gasteiger partial charge < -0.3 is 35.7 Å². The van der Waals surface area contributed by atoms with Gasteiger partial charge in [0.05, 0.1) is 25.0 Å². The first-order chi connectivity index (χ1) is 16.1. The molecule has 0 atom stereocenters. The van der Waals surface area contributed by atoms with Crippen LogP contribution in [-0.4, -0.2) is 74.8 Å². The second-order valence-electron chi connectivity index (χ2n) is 7.92. The number of hydrogen-bond acceptors (Lipinski definition) is 9. The molecule has 2 saturated heterocycles. The van der Waals surface area contributed by atoms with Gasteiger partial charge in [-0.3, -0.25) is 0 Å². The van der Waals surface area contributed by atoms with Crippen molar-refractivity contribution in [1.29, 1.82) is 0 Å². The van der Waals surface area contributed by atoms with Gasteiger partial charge in [0, 0.05) is 43.6 Å². The van der Waals surface area contributed by atoms with Crippen LogP contribution in [0.15, 0.2) is 35.7 Å². The first kappa shape index (κ1) is 22.6. The normalized spacial score (nSPS) is 17.2. The fourth-order valence-electron chi connectivity index (χ4n) is 4.05. The first-order valence-corrected chi connectivity index (χ1v) is 11.1. The highest BCUT2D eigenvalue weighted by Gasteiger charge is 2.24. The van der Waals surface area contributed by atoms with Gasteiger partial charge in [-0.1, -0.05) is 5.16 Å². The summed E-state index contributed by atoms with van der Waals surface area (Å²) in [6, 6.07) is 7.77. The number of rotatable bonds is 6. The number of carbonyl (C=O) groups excluding carboxylic acids is 1. The molecule has 11 heteroatoms. The number of carbonyl (C=O) groups is 1. The molecule has 11 nitrogen and oxygen atoms in total. The van der Waals surface area contributed by atoms with Gasteiger partial charge in [0.1, 0.15) is 25.1 Å². The quantitative estimate of drug-likeness (QED) is 0.444. The van der Waals surface area contributed by atoms with Crippen LogP contribution in [-0.2, 0) is 9.57 Å². The highest BCUT2D eigenvalue weighted by atomic mass is 16.6. The van der Waals surface area contributed by atoms with E-state index in [4.69, 9.17) is 15.3 Å². The summed E-state index contributed by atoms with van der Waals surface area (Å²) in [6.07, 6.45) is 4.53. The number of nitrogen functional groups attached to an aromatic ring is 1. The molecule has 0 bridgehead atoms. The molecule has 2 fully saturated rings. The molecule has 3 heterocycles. The van der Waals surface area contributed by atoms with E-state index >= 15 is 0 Å². The van der Waals surface area contributed by atoms with Gasteiger partial charge in [-0.05, 0) is 37.1 Å². The summed E-state index contributed by atoms with van der Waals surface area (Å²) >= 11 is 0. The number of aromatic nitrogens is 2. The van der Waals surface area contributed by atoms with Crippen LogP contribution in [0.4, 0.5) is 27.8 Å². The highest BCUT2D eigenvalue weighted by molar-refractivity contribution is 5.92. The van der Waals surface area contributed by atoms with Gasteiger partial charge in [0.25, 0.3) is 0 Å². The van der Waals surface area contributed by atoms with E-state index in [9.17, 15) is 4.79 Å². The maximum atomic E-state index is 12.5. The molecule has 1 aromatic heterocycles. The van der Waals surface area contributed by atoms with E-state index in [1.807, 2.05) is 24.3 Å². The predicted molar refractivity (Wildman–Crippen MR) is 128 cm³/mol. The summed E-state index contributed by atoms with van der Waals surface area (Å²) in [6.45, 7) is 4.71. The molecule has 0 spiro atoms. The number of benzene rings is 1. The SMILES string of the molecule is CO/N=C/c1c(N)ncnc1N1CCC(NC(=O)Nc2ccc(N3CCOCC3)cc2)CC1. The standard InChI is InChI=1S/C22H30N8O3/c1-32-26-14-19-20(23)24-15-25-21(19)30-8-6-17(7-9-30)28-22(31)27-16-2-4-18(5-3-16)29-10-12-33-13-11-29/h2-5,14-15,17H,6-13H2,1H3,(H2,23,24,25)(H2,27,28,31)/b26-14+. The minimum atomic E-state index is -0.202. The summed E-state index contributed by atoms with van der Waals surface area (Å²) in [5, 5.41) is 9.80. The second-order valence-corrected chi connectivity index (χ2v) is 7.92. The lowest BCUT2D eigenvalue weighted by Crippen LogP contribution is -2.46. The molecule has 2 amide bonds. The molecule has 2 aliphatic rings. The van der Waals surface area contributed by atoms with Crippen molar-refractivity contribution in [2.24, 2.45) is 5.16 Å². The van der Waals surface area contributed by atoms with Gasteiger partial charge in [0.2, 0.25) is 0 Å². The summed E-state index contributed by atoms with van der Waals surface area (Å²) in [5.74, 6) is 1.06. The Kier molecular flexibility index (Phi) is 7.40. The van der Waals surface area contributed by atoms with Crippen molar-refractivity contribution in [3.63, 3.8) is 0 Å². The zero-order chi connectivity index (χ0) is 23.0. The van der Waals surface area contributed by atoms with Crippen molar-refractivity contribution in [3.05, 3.63) is 36.2 Å². The minimum Gasteiger partial charge on any atom is -0.399 e. The van der Waals surface area contributed by atoms with Crippen molar-refractivity contribution >= 4 is 35.3 Å². The average Bonchev–Trinajstić information content (AvgIpc) is 2.85. The Morgan fingerprint density at radius 2 is 1.88 bits per heavy atom. The molecule has 176 valence electrons. The summed E-state index contributed by atoms with van der Waals surface area (Å²) in [5.41, 5.74) is 8.52. The molecular weight excluding hydrogens is 424 g/mol. The van der Waals surface area contributed by atoms with Crippen LogP contribution in [0, 0.1) is 0 Å². The van der Waals surface area contributed by atoms with Crippen molar-refractivity contribution in [3.8, 4) is 0 Å². The van der Waals surface area contributed by atoms with Crippen LogP contribution in [0.25, 0.3) is 0 Å². The van der Waals surface area contributed by atoms with E-state index in [1.165, 1.54) is 19.7 Å². The van der Waals surface area contributed by atoms with Crippen molar-refractivity contribution in [2.75, 3.05) is 67.4 Å². The van der Waals surface area contributed by atoms with E-state index in [2.05, 4.69) is 35.6 Å². The largest absolute Gasteiger partial charge is 0.399 e. The van der Waals surface area contributed by atoms with Crippen molar-refractivity contribution in [1.82, 2.24) is 15.3 Å². The lowest BCUT2D eigenvalue weighted by atomic mass is 10.0. The van der Waals surface area contributed by atoms with E-state index in [0.29, 0.717) is 17.2 Å². The van der Waals surface area contributed by atoms with Crippen molar-refractivity contribution in [2.45, 2.75) is 18.9 Å². The summed E-state index contributed by atoms with van der Waals surface area (Å²) in [7, 11) is 1.47. The van der Waals surface area contributed by atoms with Gasteiger partial charge in [-0.2, -0.15) is 0 Å². The van der Waals surface area contributed by atoms with Crippen molar-refractivity contribution < 1.29 is 14.4 Å². The van der Waals surface area contributed by atoms with Gasteiger partial charge >= 0.3 is 6.03 Å². The molecule has 33 heavy (non-hydrogen) atoms. The van der Waals surface area contributed by atoms with E-state index in [1.54, 1.807) is 0 Å². The number of nitrogens with zero attached hydrogens (tertiary/aromatic N) is 5. The molecule has 0 radical (unpaired) electrons. The summed E-state index contributed by atoms with van der Waals surface area (Å²) < 4.78 is 5.40. The Labute approximate surface area is 192 Å². The second kappa shape index (κ2) is 10.8. The Morgan fingerprint density at radius 1 is 1.15 bits per heavy atom. The van der Waals surface area contributed by atoms with E-state index < -0.39 is 0 Å². The van der Waals surface area contributed by atoms with E-state index in [-0.39, 0.29) is 12.1 Å². The first-order valence-electron chi connectivity index (χ1n) is 11.1. The van der Waals surface area contributed by atoms with Crippen LogP contribution >= 0.6 is 0 Å². The monoisotopic (exact) mass is 454 g/mol. The third-order valence-corrected chi connectivity index (χ3v) is 5.81. The Morgan fingerprint density at radius 3 is 2.58 bits per heavy atom. The number of hydrogen-bond donors (Lipinski definition) is 3. The van der Waals surface area contributed by atoms with E-state index in [0.717, 1.165) is 63.6 Å². The number of oxime groups is 1. The van der Waals surface area contributed by atoms with Gasteiger partial charge in [-0.15, -0.1) is 0 Å². The number of nitrogens with one attached hydrogen (secondary N) is 2. The molecule has 4 N–H and O–H groups in total. The topological polar surface area (TPSA) is 130 Å².